The molecule has 0 fully saturated rings. The number of hydrogen-bond donors (Lipinski definition) is 3. The quantitative estimate of drug-likeness (QED) is 0.544. The van der Waals surface area contributed by atoms with E-state index in [0.717, 1.165) is 5.69 Å². The minimum atomic E-state index is -1.20. The molecule has 0 aromatic heterocycles. The maximum atomic E-state index is 12.8. The molecule has 1 aliphatic heterocycles. The lowest BCUT2D eigenvalue weighted by molar-refractivity contribution is -0.138. The van der Waals surface area contributed by atoms with E-state index in [4.69, 9.17) is 5.11 Å². The molecule has 1 aromatic rings. The van der Waals surface area contributed by atoms with Crippen molar-refractivity contribution in [2.45, 2.75) is 18.5 Å². The Morgan fingerprint density at radius 2 is 2.00 bits per heavy atom. The second-order valence-corrected chi connectivity index (χ2v) is 6.04. The molecule has 1 unspecified atom stereocenters. The molecule has 140 valence electrons. The average Bonchev–Trinajstić information content (AvgIpc) is 2.71. The number of carboxylic acid groups (broad SMARTS) is 1. The zero-order valence-corrected chi connectivity index (χ0v) is 14.6. The van der Waals surface area contributed by atoms with E-state index in [0.29, 0.717) is 18.5 Å². The average molecular weight is 362 g/mol. The highest BCUT2D eigenvalue weighted by atomic mass is 16.4. The summed E-state index contributed by atoms with van der Waals surface area (Å²) in [5.74, 6) is -2.08. The summed E-state index contributed by atoms with van der Waals surface area (Å²) in [6.45, 7) is 0.117. The van der Waals surface area contributed by atoms with Crippen LogP contribution in [0.5, 0.6) is 0 Å². The van der Waals surface area contributed by atoms with Crippen molar-refractivity contribution in [2.24, 2.45) is 0 Å². The van der Waals surface area contributed by atoms with Crippen LogP contribution in [0.3, 0.4) is 0 Å². The van der Waals surface area contributed by atoms with Crippen LogP contribution in [0.15, 0.2) is 24.3 Å². The van der Waals surface area contributed by atoms with Crippen LogP contribution in [-0.4, -0.2) is 68.4 Å². The number of aliphatic carboxylic acids is 1. The lowest BCUT2D eigenvalue weighted by Gasteiger charge is -2.25. The zero-order chi connectivity index (χ0) is 19.3. The predicted octanol–water partition coefficient (Wildman–Crippen LogP) is -0.784. The number of aldehydes is 1. The van der Waals surface area contributed by atoms with Crippen molar-refractivity contribution < 1.29 is 24.3 Å². The Morgan fingerprint density at radius 1 is 1.35 bits per heavy atom. The van der Waals surface area contributed by atoms with Crippen LogP contribution in [0.2, 0.25) is 0 Å². The van der Waals surface area contributed by atoms with Gasteiger partial charge in [0, 0.05) is 13.6 Å². The molecule has 2 atom stereocenters. The van der Waals surface area contributed by atoms with Crippen LogP contribution in [0.4, 0.5) is 11.4 Å². The molecule has 9 heteroatoms. The van der Waals surface area contributed by atoms with E-state index in [1.807, 2.05) is 24.1 Å². The molecule has 3 N–H and O–H groups in total. The van der Waals surface area contributed by atoms with Crippen LogP contribution in [-0.2, 0) is 19.2 Å². The van der Waals surface area contributed by atoms with Crippen LogP contribution in [0, 0.1) is 0 Å². The number of amides is 2. The number of anilines is 2. The lowest BCUT2D eigenvalue weighted by Crippen LogP contribution is -2.52. The third-order valence-corrected chi connectivity index (χ3v) is 4.16. The first-order chi connectivity index (χ1) is 12.4. The van der Waals surface area contributed by atoms with E-state index in [-0.39, 0.29) is 12.5 Å². The highest BCUT2D eigenvalue weighted by Gasteiger charge is 2.33. The number of likely N-dealkylation sites (N-methyl/N-ethyl adjacent to an activating group) is 2. The SMILES string of the molecule is CNC1CN(C)c2ccccc2N(CC(=O)N[C@H](C=O)CC(=O)O)C1=O. The topological polar surface area (TPSA) is 119 Å². The molecule has 1 aromatic carbocycles. The Kier molecular flexibility index (Phi) is 6.29. The molecular formula is C17H22N4O5. The van der Waals surface area contributed by atoms with Crippen LogP contribution in [0.1, 0.15) is 6.42 Å². The molecule has 0 radical (unpaired) electrons. The number of benzene rings is 1. The van der Waals surface area contributed by atoms with Crippen molar-refractivity contribution in [2.75, 3.05) is 37.0 Å². The highest BCUT2D eigenvalue weighted by Crippen LogP contribution is 2.31. The van der Waals surface area contributed by atoms with Gasteiger partial charge in [-0.3, -0.25) is 19.3 Å². The second-order valence-electron chi connectivity index (χ2n) is 6.04. The molecule has 9 nitrogen and oxygen atoms in total. The molecule has 0 spiro atoms. The fourth-order valence-corrected chi connectivity index (χ4v) is 2.87. The molecular weight excluding hydrogens is 340 g/mol. The first-order valence-corrected chi connectivity index (χ1v) is 8.12. The molecule has 2 amide bonds. The number of nitrogens with one attached hydrogen (secondary N) is 2. The number of nitrogens with zero attached hydrogens (tertiary/aromatic N) is 2. The normalized spacial score (nSPS) is 17.9. The fraction of sp³-hybridized carbons (Fsp3) is 0.412. The number of rotatable bonds is 7. The van der Waals surface area contributed by atoms with Gasteiger partial charge in [-0.05, 0) is 19.2 Å². The van der Waals surface area contributed by atoms with Crippen LogP contribution in [0.25, 0.3) is 0 Å². The van der Waals surface area contributed by atoms with Gasteiger partial charge in [-0.15, -0.1) is 0 Å². The summed E-state index contributed by atoms with van der Waals surface area (Å²) in [6, 6.07) is 5.55. The Morgan fingerprint density at radius 3 is 2.58 bits per heavy atom. The van der Waals surface area contributed by atoms with E-state index in [9.17, 15) is 19.2 Å². The van der Waals surface area contributed by atoms with Crippen LogP contribution < -0.4 is 20.4 Å². The van der Waals surface area contributed by atoms with Gasteiger partial charge in [0.2, 0.25) is 11.8 Å². The predicted molar refractivity (Wildman–Crippen MR) is 95.2 cm³/mol. The maximum Gasteiger partial charge on any atom is 0.305 e. The van der Waals surface area contributed by atoms with Crippen molar-refractivity contribution in [1.82, 2.24) is 10.6 Å². The van der Waals surface area contributed by atoms with Gasteiger partial charge < -0.3 is 25.4 Å². The second kappa shape index (κ2) is 8.43. The largest absolute Gasteiger partial charge is 0.481 e. The Bertz CT molecular complexity index is 708. The van der Waals surface area contributed by atoms with E-state index >= 15 is 0 Å². The van der Waals surface area contributed by atoms with Crippen molar-refractivity contribution in [3.63, 3.8) is 0 Å². The van der Waals surface area contributed by atoms with Gasteiger partial charge >= 0.3 is 5.97 Å². The van der Waals surface area contributed by atoms with E-state index in [1.165, 1.54) is 4.90 Å². The van der Waals surface area contributed by atoms with Gasteiger partial charge in [-0.25, -0.2) is 0 Å². The number of carboxylic acids is 1. The molecule has 26 heavy (non-hydrogen) atoms. The van der Waals surface area contributed by atoms with Crippen molar-refractivity contribution >= 4 is 35.4 Å². The minimum Gasteiger partial charge on any atom is -0.481 e. The van der Waals surface area contributed by atoms with Gasteiger partial charge in [-0.1, -0.05) is 12.1 Å². The number of hydrogen-bond acceptors (Lipinski definition) is 6. The summed E-state index contributed by atoms with van der Waals surface area (Å²) in [6.07, 6.45) is -0.143. The zero-order valence-electron chi connectivity index (χ0n) is 14.6. The molecule has 0 saturated heterocycles. The number of carbonyl (C=O) groups is 4. The van der Waals surface area contributed by atoms with Crippen molar-refractivity contribution in [1.29, 1.82) is 0 Å². The monoisotopic (exact) mass is 362 g/mol. The first kappa shape index (κ1) is 19.4. The van der Waals surface area contributed by atoms with E-state index in [2.05, 4.69) is 10.6 Å². The van der Waals surface area contributed by atoms with Crippen LogP contribution >= 0.6 is 0 Å². The number of para-hydroxylation sites is 2. The third-order valence-electron chi connectivity index (χ3n) is 4.16. The Hall–Kier alpha value is -2.94. The number of carbonyl (C=O) groups excluding carboxylic acids is 3. The first-order valence-electron chi connectivity index (χ1n) is 8.12. The summed E-state index contributed by atoms with van der Waals surface area (Å²) in [5, 5.41) is 14.1. The lowest BCUT2D eigenvalue weighted by atomic mass is 10.2. The highest BCUT2D eigenvalue weighted by molar-refractivity contribution is 6.05. The Balaban J connectivity index is 2.25. The third kappa shape index (κ3) is 4.37. The molecule has 2 rings (SSSR count). The summed E-state index contributed by atoms with van der Waals surface area (Å²) < 4.78 is 0. The van der Waals surface area contributed by atoms with E-state index in [1.54, 1.807) is 19.2 Å². The molecule has 0 bridgehead atoms. The number of fused-ring (bicyclic) bond motifs is 1. The molecule has 0 aliphatic carbocycles. The van der Waals surface area contributed by atoms with Gasteiger partial charge in [0.1, 0.15) is 18.9 Å². The van der Waals surface area contributed by atoms with Gasteiger partial charge in [0.25, 0.3) is 0 Å². The van der Waals surface area contributed by atoms with Gasteiger partial charge in [0.15, 0.2) is 0 Å². The maximum absolute atomic E-state index is 12.8. The van der Waals surface area contributed by atoms with E-state index < -0.39 is 30.4 Å². The smallest absolute Gasteiger partial charge is 0.305 e. The Labute approximate surface area is 150 Å². The fourth-order valence-electron chi connectivity index (χ4n) is 2.87. The summed E-state index contributed by atoms with van der Waals surface area (Å²) in [5.41, 5.74) is 1.37. The van der Waals surface area contributed by atoms with Crippen molar-refractivity contribution in [3.05, 3.63) is 24.3 Å². The summed E-state index contributed by atoms with van der Waals surface area (Å²) >= 11 is 0. The van der Waals surface area contributed by atoms with Gasteiger partial charge in [0.05, 0.1) is 23.8 Å². The summed E-state index contributed by atoms with van der Waals surface area (Å²) in [4.78, 5) is 50.1. The standard InChI is InChI=1S/C17H22N4O5/c1-18-12-8-20(2)13-5-3-4-6-14(13)21(17(12)26)9-15(23)19-11(10-22)7-16(24)25/h3-6,10-12,18H,7-9H2,1-2H3,(H,19,23)(H,24,25)/t11-,12?/m0/s1. The van der Waals surface area contributed by atoms with Crippen molar-refractivity contribution in [3.8, 4) is 0 Å². The molecule has 0 saturated carbocycles. The minimum absolute atomic E-state index is 0.277. The summed E-state index contributed by atoms with van der Waals surface area (Å²) in [7, 11) is 3.52. The van der Waals surface area contributed by atoms with Gasteiger partial charge in [-0.2, -0.15) is 0 Å². The molecule has 1 aliphatic rings. The molecule has 1 heterocycles.